The molecule has 0 unspecified atom stereocenters. The van der Waals surface area contributed by atoms with Crippen molar-refractivity contribution >= 4 is 27.3 Å². The topological polar surface area (TPSA) is 72.6 Å². The highest BCUT2D eigenvalue weighted by molar-refractivity contribution is 7.89. The van der Waals surface area contributed by atoms with Crippen molar-refractivity contribution in [2.45, 2.75) is 18.2 Å². The van der Waals surface area contributed by atoms with E-state index in [-0.39, 0.29) is 9.92 Å². The molecule has 1 aromatic carbocycles. The van der Waals surface area contributed by atoms with Crippen LogP contribution in [0, 0.1) is 6.92 Å². The van der Waals surface area contributed by atoms with Gasteiger partial charge in [0.25, 0.3) is 0 Å². The number of benzene rings is 1. The highest BCUT2D eigenvalue weighted by Crippen LogP contribution is 2.29. The average Bonchev–Trinajstić information content (AvgIpc) is 2.62. The Kier molecular flexibility index (Phi) is 4.35. The summed E-state index contributed by atoms with van der Waals surface area (Å²) in [6, 6.07) is 3.01. The fraction of sp³-hybridized carbons (Fsp3) is 0.500. The summed E-state index contributed by atoms with van der Waals surface area (Å²) in [4.78, 5) is 0.0687. The van der Waals surface area contributed by atoms with E-state index in [9.17, 15) is 8.42 Å². The third-order valence-corrected chi connectivity index (χ3v) is 5.48. The molecule has 0 amide bonds. The molecule has 0 atom stereocenters. The van der Waals surface area contributed by atoms with Crippen molar-refractivity contribution in [1.29, 1.82) is 0 Å². The largest absolute Gasteiger partial charge is 0.398 e. The number of ether oxygens (including phenoxy) is 1. The van der Waals surface area contributed by atoms with Crippen molar-refractivity contribution in [2.75, 3.05) is 32.0 Å². The predicted molar refractivity (Wildman–Crippen MR) is 74.8 cm³/mol. The molecule has 2 N–H and O–H groups in total. The Hall–Kier alpha value is -0.820. The normalized spacial score (nSPS) is 18.2. The van der Waals surface area contributed by atoms with Crippen LogP contribution in [0.2, 0.25) is 5.02 Å². The van der Waals surface area contributed by atoms with Crippen LogP contribution < -0.4 is 5.73 Å². The van der Waals surface area contributed by atoms with Crippen LogP contribution in [0.15, 0.2) is 17.0 Å². The van der Waals surface area contributed by atoms with Gasteiger partial charge >= 0.3 is 0 Å². The van der Waals surface area contributed by atoms with E-state index in [4.69, 9.17) is 22.1 Å². The molecule has 0 saturated carbocycles. The first-order valence-corrected chi connectivity index (χ1v) is 7.88. The molecule has 0 radical (unpaired) electrons. The van der Waals surface area contributed by atoms with Gasteiger partial charge in [-0.25, -0.2) is 8.42 Å². The van der Waals surface area contributed by atoms with E-state index in [1.807, 2.05) is 0 Å². The van der Waals surface area contributed by atoms with Crippen molar-refractivity contribution < 1.29 is 13.2 Å². The summed E-state index contributed by atoms with van der Waals surface area (Å²) in [5.74, 6) is 0. The van der Waals surface area contributed by atoms with E-state index in [1.165, 1.54) is 10.4 Å². The van der Waals surface area contributed by atoms with Gasteiger partial charge in [-0.3, -0.25) is 0 Å². The Labute approximate surface area is 118 Å². The van der Waals surface area contributed by atoms with E-state index in [2.05, 4.69) is 0 Å². The number of hydrogen-bond donors (Lipinski definition) is 1. The van der Waals surface area contributed by atoms with E-state index in [0.717, 1.165) is 5.56 Å². The van der Waals surface area contributed by atoms with Crippen LogP contribution in [0.1, 0.15) is 12.0 Å². The standard InChI is InChI=1S/C12H17ClN2O3S/c1-9-7-10(13)12(8-11(9)14)19(16,17)15-3-2-5-18-6-4-15/h7-8H,2-6,14H2,1H3. The van der Waals surface area contributed by atoms with Crippen LogP contribution in [0.5, 0.6) is 0 Å². The molecule has 1 saturated heterocycles. The fourth-order valence-corrected chi connectivity index (χ4v) is 4.02. The van der Waals surface area contributed by atoms with Gasteiger partial charge in [0.05, 0.1) is 11.6 Å². The number of rotatable bonds is 2. The number of nitrogen functional groups attached to an aromatic ring is 1. The summed E-state index contributed by atoms with van der Waals surface area (Å²) < 4.78 is 31.8. The van der Waals surface area contributed by atoms with Gasteiger partial charge in [-0.1, -0.05) is 11.6 Å². The van der Waals surface area contributed by atoms with E-state index in [1.54, 1.807) is 13.0 Å². The summed E-state index contributed by atoms with van der Waals surface area (Å²) in [7, 11) is -3.61. The second-order valence-corrected chi connectivity index (χ2v) is 6.82. The fourth-order valence-electron chi connectivity index (χ4n) is 1.97. The molecule has 2 rings (SSSR count). The summed E-state index contributed by atoms with van der Waals surface area (Å²) in [6.45, 7) is 3.55. The molecule has 5 nitrogen and oxygen atoms in total. The lowest BCUT2D eigenvalue weighted by atomic mass is 10.2. The lowest BCUT2D eigenvalue weighted by Crippen LogP contribution is -2.33. The Balaban J connectivity index is 2.41. The number of halogens is 1. The summed E-state index contributed by atoms with van der Waals surface area (Å²) in [5, 5.41) is 0.205. The maximum absolute atomic E-state index is 12.6. The zero-order valence-electron chi connectivity index (χ0n) is 10.7. The summed E-state index contributed by atoms with van der Waals surface area (Å²) in [6.07, 6.45) is 0.679. The van der Waals surface area contributed by atoms with Gasteiger partial charge in [-0.15, -0.1) is 0 Å². The van der Waals surface area contributed by atoms with Crippen LogP contribution in [0.25, 0.3) is 0 Å². The van der Waals surface area contributed by atoms with Crippen LogP contribution >= 0.6 is 11.6 Å². The molecule has 0 aliphatic carbocycles. The smallest absolute Gasteiger partial charge is 0.244 e. The van der Waals surface area contributed by atoms with Crippen LogP contribution in [-0.2, 0) is 14.8 Å². The number of nitrogens with two attached hydrogens (primary N) is 1. The second kappa shape index (κ2) is 5.66. The SMILES string of the molecule is Cc1cc(Cl)c(S(=O)(=O)N2CCCOCC2)cc1N. The van der Waals surface area contributed by atoms with Crippen LogP contribution in [0.4, 0.5) is 5.69 Å². The molecular formula is C12H17ClN2O3S. The molecule has 1 aliphatic rings. The van der Waals surface area contributed by atoms with Crippen molar-refractivity contribution in [2.24, 2.45) is 0 Å². The maximum Gasteiger partial charge on any atom is 0.244 e. The lowest BCUT2D eigenvalue weighted by Gasteiger charge is -2.20. The third kappa shape index (κ3) is 3.02. The zero-order chi connectivity index (χ0) is 14.0. The van der Waals surface area contributed by atoms with Gasteiger partial charge < -0.3 is 10.5 Å². The molecule has 1 fully saturated rings. The van der Waals surface area contributed by atoms with Crippen molar-refractivity contribution in [3.63, 3.8) is 0 Å². The number of aryl methyl sites for hydroxylation is 1. The van der Waals surface area contributed by atoms with Gasteiger partial charge in [0, 0.05) is 25.4 Å². The van der Waals surface area contributed by atoms with E-state index in [0.29, 0.717) is 38.4 Å². The molecule has 0 bridgehead atoms. The minimum absolute atomic E-state index is 0.0687. The van der Waals surface area contributed by atoms with Crippen molar-refractivity contribution in [3.05, 3.63) is 22.7 Å². The van der Waals surface area contributed by atoms with Crippen LogP contribution in [0.3, 0.4) is 0 Å². The highest BCUT2D eigenvalue weighted by atomic mass is 35.5. The highest BCUT2D eigenvalue weighted by Gasteiger charge is 2.28. The summed E-state index contributed by atoms with van der Waals surface area (Å²) >= 11 is 6.05. The molecule has 1 aromatic rings. The monoisotopic (exact) mass is 304 g/mol. The summed E-state index contributed by atoms with van der Waals surface area (Å²) in [5.41, 5.74) is 6.97. The van der Waals surface area contributed by atoms with Gasteiger partial charge in [0.1, 0.15) is 4.90 Å². The Bertz CT molecular complexity index is 567. The Morgan fingerprint density at radius 3 is 2.79 bits per heavy atom. The number of hydrogen-bond acceptors (Lipinski definition) is 4. The van der Waals surface area contributed by atoms with Crippen molar-refractivity contribution in [1.82, 2.24) is 4.31 Å². The van der Waals surface area contributed by atoms with Gasteiger partial charge in [0.2, 0.25) is 10.0 Å². The van der Waals surface area contributed by atoms with E-state index >= 15 is 0 Å². The maximum atomic E-state index is 12.6. The van der Waals surface area contributed by atoms with Crippen LogP contribution in [-0.4, -0.2) is 39.0 Å². The molecule has 0 spiro atoms. The lowest BCUT2D eigenvalue weighted by molar-refractivity contribution is 0.148. The van der Waals surface area contributed by atoms with E-state index < -0.39 is 10.0 Å². The third-order valence-electron chi connectivity index (χ3n) is 3.12. The Morgan fingerprint density at radius 1 is 1.32 bits per heavy atom. The minimum atomic E-state index is -3.61. The minimum Gasteiger partial charge on any atom is -0.398 e. The molecule has 7 heteroatoms. The average molecular weight is 305 g/mol. The van der Waals surface area contributed by atoms with Gasteiger partial charge in [-0.05, 0) is 31.0 Å². The van der Waals surface area contributed by atoms with Gasteiger partial charge in [0.15, 0.2) is 0 Å². The molecule has 0 aromatic heterocycles. The molecule has 1 aliphatic heterocycles. The van der Waals surface area contributed by atoms with Gasteiger partial charge in [-0.2, -0.15) is 4.31 Å². The Morgan fingerprint density at radius 2 is 2.05 bits per heavy atom. The second-order valence-electron chi connectivity index (χ2n) is 4.51. The molecular weight excluding hydrogens is 288 g/mol. The predicted octanol–water partition coefficient (Wildman–Crippen LogP) is 1.64. The first-order chi connectivity index (χ1) is 8.93. The zero-order valence-corrected chi connectivity index (χ0v) is 12.3. The quantitative estimate of drug-likeness (QED) is 0.843. The number of nitrogens with zero attached hydrogens (tertiary/aromatic N) is 1. The first-order valence-electron chi connectivity index (χ1n) is 6.06. The number of sulfonamides is 1. The molecule has 1 heterocycles. The molecule has 106 valence electrons. The molecule has 19 heavy (non-hydrogen) atoms. The first kappa shape index (κ1) is 14.6. The number of anilines is 1. The van der Waals surface area contributed by atoms with Crippen molar-refractivity contribution in [3.8, 4) is 0 Å².